The Kier molecular flexibility index (Phi) is 13.3. The van der Waals surface area contributed by atoms with Crippen LogP contribution in [0.1, 0.15) is 72.4 Å². The first-order valence-corrected chi connectivity index (χ1v) is 12.3. The summed E-state index contributed by atoms with van der Waals surface area (Å²) in [5.41, 5.74) is 1.05. The molecule has 0 bridgehead atoms. The number of aliphatic hydroxyl groups excluding tert-OH is 1. The summed E-state index contributed by atoms with van der Waals surface area (Å²) in [6.45, 7) is 10.5. The average Bonchev–Trinajstić information content (AvgIpc) is 3.55. The first kappa shape index (κ1) is 28.5. The van der Waals surface area contributed by atoms with Gasteiger partial charge < -0.3 is 14.9 Å². The molecule has 2 heterocycles. The predicted octanol–water partition coefficient (Wildman–Crippen LogP) is 5.58. The molecule has 5 heteroatoms. The van der Waals surface area contributed by atoms with Gasteiger partial charge >= 0.3 is 6.03 Å². The number of amides is 2. The molecule has 184 valence electrons. The number of benzene rings is 1. The molecule has 0 radical (unpaired) electrons. The van der Waals surface area contributed by atoms with E-state index in [0.717, 1.165) is 45.9 Å². The third kappa shape index (κ3) is 8.09. The molecule has 1 N–H and O–H groups in total. The van der Waals surface area contributed by atoms with Gasteiger partial charge in [0.15, 0.2) is 0 Å². The highest BCUT2D eigenvalue weighted by Gasteiger charge is 2.39. The van der Waals surface area contributed by atoms with E-state index in [4.69, 9.17) is 11.5 Å². The van der Waals surface area contributed by atoms with E-state index < -0.39 is 0 Å². The minimum atomic E-state index is -0.264. The third-order valence-electron chi connectivity index (χ3n) is 5.63. The van der Waals surface area contributed by atoms with Gasteiger partial charge in [-0.15, -0.1) is 12.3 Å². The lowest BCUT2D eigenvalue weighted by Gasteiger charge is -2.37. The van der Waals surface area contributed by atoms with Gasteiger partial charge in [0.1, 0.15) is 5.82 Å². The Morgan fingerprint density at radius 2 is 1.82 bits per heavy atom. The summed E-state index contributed by atoms with van der Waals surface area (Å²) in [4.78, 5) is 16.4. The Morgan fingerprint density at radius 1 is 1.18 bits per heavy atom. The maximum Gasteiger partial charge on any atom is 0.320 e. The van der Waals surface area contributed by atoms with Crippen LogP contribution in [0, 0.1) is 41.8 Å². The van der Waals surface area contributed by atoms with Gasteiger partial charge in [-0.25, -0.2) is 9.18 Å². The second-order valence-electron chi connectivity index (χ2n) is 8.18. The van der Waals surface area contributed by atoms with Crippen LogP contribution < -0.4 is 0 Å². The lowest BCUT2D eigenvalue weighted by molar-refractivity contribution is 0.120. The van der Waals surface area contributed by atoms with Gasteiger partial charge in [0.2, 0.25) is 0 Å². The van der Waals surface area contributed by atoms with Gasteiger partial charge in [0, 0.05) is 40.0 Å². The average molecular weight is 459 g/mol. The molecule has 2 unspecified atom stereocenters. The molecule has 4 rings (SSSR count). The van der Waals surface area contributed by atoms with Crippen molar-refractivity contribution in [3.8, 4) is 24.2 Å². The van der Waals surface area contributed by atoms with Crippen LogP contribution >= 0.6 is 0 Å². The van der Waals surface area contributed by atoms with Gasteiger partial charge in [0.25, 0.3) is 0 Å². The summed E-state index contributed by atoms with van der Waals surface area (Å²) in [5.74, 6) is 9.06. The standard InChI is InChI=1S/C22H23FN2O.C3H8.C2H6.CH4O.H2/c1-2-17-11-14-25(22(26)24-12-4-13-24)20(17)15-19-6-3-5-18(21(19)23)10-9-16-7-8-16;1-3-2;2*1-2;/h1,3,5-6,16-17,20H,4,7-8,11-15H2;3H2,1-2H3;1-2H3;2H,1H3;1H. The molecule has 1 aromatic carbocycles. The monoisotopic (exact) mass is 458 g/mol. The summed E-state index contributed by atoms with van der Waals surface area (Å²) >= 11 is 0. The van der Waals surface area contributed by atoms with Crippen LogP contribution in [0.5, 0.6) is 0 Å². The van der Waals surface area contributed by atoms with Gasteiger partial charge in [-0.3, -0.25) is 0 Å². The van der Waals surface area contributed by atoms with Crippen LogP contribution in [0.4, 0.5) is 9.18 Å². The molecule has 2 atom stereocenters. The van der Waals surface area contributed by atoms with Crippen molar-refractivity contribution < 1.29 is 15.7 Å². The highest BCUT2D eigenvalue weighted by atomic mass is 19.1. The smallest absolute Gasteiger partial charge is 0.320 e. The third-order valence-corrected chi connectivity index (χ3v) is 5.63. The van der Waals surface area contributed by atoms with Gasteiger partial charge in [-0.1, -0.05) is 58.1 Å². The maximum absolute atomic E-state index is 14.9. The molecule has 0 spiro atoms. The number of nitrogens with zero attached hydrogens (tertiary/aromatic N) is 2. The fourth-order valence-corrected chi connectivity index (χ4v) is 3.69. The Bertz CT molecular complexity index is 835. The molecule has 2 aliphatic heterocycles. The molecule has 2 saturated heterocycles. The lowest BCUT2D eigenvalue weighted by Crippen LogP contribution is -2.52. The van der Waals surface area contributed by atoms with E-state index in [1.807, 2.05) is 29.7 Å². The number of carbonyl (C=O) groups is 1. The molecule has 2 amide bonds. The first-order chi connectivity index (χ1) is 16.1. The normalized spacial score (nSPS) is 20.2. The molecule has 33 heavy (non-hydrogen) atoms. The molecular formula is C28H43FN2O2. The minimum Gasteiger partial charge on any atom is -0.400 e. The zero-order valence-electron chi connectivity index (χ0n) is 21.0. The molecule has 1 saturated carbocycles. The summed E-state index contributed by atoms with van der Waals surface area (Å²) < 4.78 is 14.9. The van der Waals surface area contributed by atoms with Gasteiger partial charge in [-0.05, 0) is 43.7 Å². The summed E-state index contributed by atoms with van der Waals surface area (Å²) in [5, 5.41) is 7.00. The number of terminal acetylenes is 1. The van der Waals surface area contributed by atoms with Crippen LogP contribution in [0.3, 0.4) is 0 Å². The zero-order chi connectivity index (χ0) is 24.8. The second kappa shape index (κ2) is 15.4. The number of carbonyl (C=O) groups excluding carboxylic acids is 1. The van der Waals surface area contributed by atoms with E-state index in [9.17, 15) is 9.18 Å². The molecule has 4 nitrogen and oxygen atoms in total. The number of rotatable bonds is 2. The molecule has 3 aliphatic rings. The van der Waals surface area contributed by atoms with E-state index in [-0.39, 0.29) is 25.2 Å². The van der Waals surface area contributed by atoms with Crippen molar-refractivity contribution in [1.82, 2.24) is 9.80 Å². The van der Waals surface area contributed by atoms with Crippen molar-refractivity contribution in [3.63, 3.8) is 0 Å². The highest BCUT2D eigenvalue weighted by molar-refractivity contribution is 5.76. The topological polar surface area (TPSA) is 43.8 Å². The van der Waals surface area contributed by atoms with Crippen molar-refractivity contribution >= 4 is 6.03 Å². The molecule has 3 fully saturated rings. The quantitative estimate of drug-likeness (QED) is 0.588. The summed E-state index contributed by atoms with van der Waals surface area (Å²) in [6, 6.07) is 5.26. The number of hydrogen-bond donors (Lipinski definition) is 1. The SMILES string of the molecule is C#CC1CCN(C(=O)N2CCC2)C1Cc1cccc(C#CC2CC2)c1F.CC.CCC.CO.[HH]. The van der Waals surface area contributed by atoms with Crippen LogP contribution in [-0.4, -0.2) is 53.7 Å². The Hall–Kier alpha value is -2.50. The predicted molar refractivity (Wildman–Crippen MR) is 136 cm³/mol. The summed E-state index contributed by atoms with van der Waals surface area (Å²) in [6.07, 6.45) is 11.5. The lowest BCUT2D eigenvalue weighted by atomic mass is 9.93. The van der Waals surface area contributed by atoms with Crippen LogP contribution in [-0.2, 0) is 6.42 Å². The van der Waals surface area contributed by atoms with E-state index in [2.05, 4.69) is 31.6 Å². The maximum atomic E-state index is 14.9. The molecule has 1 aliphatic carbocycles. The highest BCUT2D eigenvalue weighted by Crippen LogP contribution is 2.30. The Morgan fingerprint density at radius 3 is 2.33 bits per heavy atom. The Balaban J connectivity index is 0.00000124. The van der Waals surface area contributed by atoms with E-state index in [1.54, 1.807) is 12.1 Å². The first-order valence-electron chi connectivity index (χ1n) is 12.3. The van der Waals surface area contributed by atoms with Crippen molar-refractivity contribution in [2.45, 2.75) is 72.3 Å². The fourth-order valence-electron chi connectivity index (χ4n) is 3.69. The number of likely N-dealkylation sites (tertiary alicyclic amines) is 2. The second-order valence-corrected chi connectivity index (χ2v) is 8.18. The number of halogens is 1. The van der Waals surface area contributed by atoms with Crippen molar-refractivity contribution in [2.24, 2.45) is 11.8 Å². The number of urea groups is 1. The van der Waals surface area contributed by atoms with Gasteiger partial charge in [0.05, 0.1) is 11.6 Å². The van der Waals surface area contributed by atoms with Crippen molar-refractivity contribution in [3.05, 3.63) is 35.1 Å². The Labute approximate surface area is 202 Å². The van der Waals surface area contributed by atoms with E-state index in [0.29, 0.717) is 30.0 Å². The van der Waals surface area contributed by atoms with E-state index >= 15 is 0 Å². The minimum absolute atomic E-state index is 0. The zero-order valence-corrected chi connectivity index (χ0v) is 21.0. The molecular weight excluding hydrogens is 415 g/mol. The number of aliphatic hydroxyl groups is 1. The fraction of sp³-hybridized carbons (Fsp3) is 0.607. The summed E-state index contributed by atoms with van der Waals surface area (Å²) in [7, 11) is 1.00. The van der Waals surface area contributed by atoms with Gasteiger partial charge in [-0.2, -0.15) is 0 Å². The van der Waals surface area contributed by atoms with Crippen LogP contribution in [0.2, 0.25) is 0 Å². The van der Waals surface area contributed by atoms with Crippen molar-refractivity contribution in [1.29, 1.82) is 0 Å². The van der Waals surface area contributed by atoms with Crippen molar-refractivity contribution in [2.75, 3.05) is 26.7 Å². The van der Waals surface area contributed by atoms with E-state index in [1.165, 1.54) is 6.42 Å². The van der Waals surface area contributed by atoms with Crippen LogP contribution in [0.15, 0.2) is 18.2 Å². The molecule has 1 aromatic rings. The van der Waals surface area contributed by atoms with Crippen LogP contribution in [0.25, 0.3) is 0 Å². The molecule has 0 aromatic heterocycles. The largest absolute Gasteiger partial charge is 0.400 e. The number of hydrogen-bond acceptors (Lipinski definition) is 2.